The number of Topliss-reactive ketones (excluding diaryl/α,β-unsaturated/α-hetero) is 1. The van der Waals surface area contributed by atoms with Crippen LogP contribution in [0.3, 0.4) is 0 Å². The lowest BCUT2D eigenvalue weighted by molar-refractivity contribution is -0.132. The van der Waals surface area contributed by atoms with Gasteiger partial charge in [0.2, 0.25) is 0 Å². The molecule has 0 saturated carbocycles. The molecule has 7 heteroatoms. The summed E-state index contributed by atoms with van der Waals surface area (Å²) in [4.78, 5) is 28.3. The van der Waals surface area contributed by atoms with Crippen LogP contribution in [0, 0.1) is 6.92 Å². The highest BCUT2D eigenvalue weighted by Crippen LogP contribution is 2.45. The summed E-state index contributed by atoms with van der Waals surface area (Å²) in [5, 5.41) is 12.7. The lowest BCUT2D eigenvalue weighted by Crippen LogP contribution is -2.29. The fourth-order valence-corrected chi connectivity index (χ4v) is 4.98. The number of carbonyl (C=O) groups excluding carboxylic acids is 2. The number of amides is 1. The fraction of sp³-hybridized carbons (Fsp3) is 0.143. The van der Waals surface area contributed by atoms with Gasteiger partial charge in [-0.3, -0.25) is 14.5 Å². The number of aromatic nitrogens is 1. The SMILES string of the molecule is COc1ccc(/C(O)=C2\C(=O)C(=O)N(c3cccc(Cl)c3)C2c2cn(C)c3ccccc23)cc1C. The monoisotopic (exact) mass is 486 g/mol. The predicted octanol–water partition coefficient (Wildman–Crippen LogP) is 5.78. The minimum atomic E-state index is -0.845. The Bertz CT molecular complexity index is 1540. The first-order chi connectivity index (χ1) is 16.8. The van der Waals surface area contributed by atoms with E-state index in [0.29, 0.717) is 22.0 Å². The lowest BCUT2D eigenvalue weighted by Gasteiger charge is -2.25. The topological polar surface area (TPSA) is 71.8 Å². The number of nitrogens with zero attached hydrogens (tertiary/aromatic N) is 2. The van der Waals surface area contributed by atoms with Crippen molar-refractivity contribution in [3.8, 4) is 5.75 Å². The molecule has 1 amide bonds. The number of benzene rings is 3. The predicted molar refractivity (Wildman–Crippen MR) is 137 cm³/mol. The minimum Gasteiger partial charge on any atom is -0.507 e. The zero-order valence-corrected chi connectivity index (χ0v) is 20.2. The molecule has 1 aliphatic rings. The highest BCUT2D eigenvalue weighted by Gasteiger charge is 2.48. The quantitative estimate of drug-likeness (QED) is 0.225. The smallest absolute Gasteiger partial charge is 0.300 e. The second kappa shape index (κ2) is 8.64. The van der Waals surface area contributed by atoms with Crippen LogP contribution < -0.4 is 9.64 Å². The number of para-hydroxylation sites is 1. The molecule has 1 aromatic heterocycles. The van der Waals surface area contributed by atoms with E-state index in [4.69, 9.17) is 16.3 Å². The molecule has 1 fully saturated rings. The third-order valence-corrected chi connectivity index (χ3v) is 6.66. The molecule has 1 aliphatic heterocycles. The Kier molecular flexibility index (Phi) is 5.61. The van der Waals surface area contributed by atoms with Crippen molar-refractivity contribution in [1.29, 1.82) is 0 Å². The Balaban J connectivity index is 1.80. The molecular formula is C28H23ClN2O4. The molecule has 0 spiro atoms. The Morgan fingerprint density at radius 2 is 1.80 bits per heavy atom. The fourth-order valence-electron chi connectivity index (χ4n) is 4.79. The summed E-state index contributed by atoms with van der Waals surface area (Å²) < 4.78 is 7.27. The number of aliphatic hydroxyl groups is 1. The summed E-state index contributed by atoms with van der Waals surface area (Å²) >= 11 is 6.24. The largest absolute Gasteiger partial charge is 0.507 e. The number of methoxy groups -OCH3 is 1. The number of carbonyl (C=O) groups is 2. The first-order valence-electron chi connectivity index (χ1n) is 11.1. The van der Waals surface area contributed by atoms with Gasteiger partial charge in [-0.1, -0.05) is 35.9 Å². The van der Waals surface area contributed by atoms with Crippen molar-refractivity contribution in [2.75, 3.05) is 12.0 Å². The van der Waals surface area contributed by atoms with Crippen molar-refractivity contribution >= 4 is 45.6 Å². The van der Waals surface area contributed by atoms with Gasteiger partial charge >= 0.3 is 0 Å². The number of rotatable bonds is 4. The summed E-state index contributed by atoms with van der Waals surface area (Å²) in [6, 6.07) is 18.8. The highest BCUT2D eigenvalue weighted by atomic mass is 35.5. The van der Waals surface area contributed by atoms with Crippen LogP contribution in [-0.4, -0.2) is 28.5 Å². The number of ketones is 1. The van der Waals surface area contributed by atoms with E-state index < -0.39 is 17.7 Å². The highest BCUT2D eigenvalue weighted by molar-refractivity contribution is 6.52. The maximum Gasteiger partial charge on any atom is 0.300 e. The summed E-state index contributed by atoms with van der Waals surface area (Å²) in [7, 11) is 3.48. The van der Waals surface area contributed by atoms with E-state index in [1.165, 1.54) is 4.90 Å². The number of ether oxygens (including phenoxy) is 1. The van der Waals surface area contributed by atoms with E-state index in [9.17, 15) is 14.7 Å². The Labute approximate surface area is 207 Å². The Morgan fingerprint density at radius 1 is 1.03 bits per heavy atom. The summed E-state index contributed by atoms with van der Waals surface area (Å²) in [5.74, 6) is -1.06. The normalized spacial score (nSPS) is 17.4. The number of aliphatic hydroxyl groups excluding tert-OH is 1. The van der Waals surface area contributed by atoms with Gasteiger partial charge in [-0.2, -0.15) is 0 Å². The molecule has 1 saturated heterocycles. The molecule has 2 heterocycles. The van der Waals surface area contributed by atoms with Crippen LogP contribution in [0.4, 0.5) is 5.69 Å². The van der Waals surface area contributed by atoms with Gasteiger partial charge in [0.1, 0.15) is 11.5 Å². The third-order valence-electron chi connectivity index (χ3n) is 6.42. The third kappa shape index (κ3) is 3.67. The van der Waals surface area contributed by atoms with Gasteiger partial charge in [-0.15, -0.1) is 0 Å². The second-order valence-corrected chi connectivity index (χ2v) is 8.98. The van der Waals surface area contributed by atoms with Crippen LogP contribution in [0.5, 0.6) is 5.75 Å². The summed E-state index contributed by atoms with van der Waals surface area (Å²) in [6.07, 6.45) is 1.89. The van der Waals surface area contributed by atoms with Gasteiger partial charge in [-0.25, -0.2) is 0 Å². The van der Waals surface area contributed by atoms with Crippen LogP contribution in [-0.2, 0) is 16.6 Å². The molecule has 4 aromatic rings. The summed E-state index contributed by atoms with van der Waals surface area (Å²) in [5.41, 5.74) is 3.40. The molecule has 5 rings (SSSR count). The van der Waals surface area contributed by atoms with Crippen molar-refractivity contribution < 1.29 is 19.4 Å². The van der Waals surface area contributed by atoms with Crippen molar-refractivity contribution in [3.63, 3.8) is 0 Å². The van der Waals surface area contributed by atoms with E-state index in [0.717, 1.165) is 22.0 Å². The molecule has 0 radical (unpaired) electrons. The average Bonchev–Trinajstić information content (AvgIpc) is 3.32. The van der Waals surface area contributed by atoms with Gasteiger partial charge in [0.05, 0.1) is 18.7 Å². The Hall–Kier alpha value is -4.03. The van der Waals surface area contributed by atoms with Crippen molar-refractivity contribution in [1.82, 2.24) is 4.57 Å². The zero-order valence-electron chi connectivity index (χ0n) is 19.4. The van der Waals surface area contributed by atoms with Crippen LogP contribution in [0.1, 0.15) is 22.7 Å². The molecule has 1 N–H and O–H groups in total. The van der Waals surface area contributed by atoms with Crippen molar-refractivity contribution in [3.05, 3.63) is 100 Å². The minimum absolute atomic E-state index is 0.0240. The number of hydrogen-bond acceptors (Lipinski definition) is 4. The molecule has 176 valence electrons. The van der Waals surface area contributed by atoms with E-state index >= 15 is 0 Å². The van der Waals surface area contributed by atoms with E-state index in [1.54, 1.807) is 49.6 Å². The maximum atomic E-state index is 13.4. The van der Waals surface area contributed by atoms with E-state index in [2.05, 4.69) is 0 Å². The van der Waals surface area contributed by atoms with Gasteiger partial charge in [0, 0.05) is 46.0 Å². The lowest BCUT2D eigenvalue weighted by atomic mass is 9.94. The maximum absolute atomic E-state index is 13.4. The van der Waals surface area contributed by atoms with Crippen LogP contribution in [0.2, 0.25) is 5.02 Å². The van der Waals surface area contributed by atoms with Crippen LogP contribution in [0.25, 0.3) is 16.7 Å². The molecule has 6 nitrogen and oxygen atoms in total. The number of fused-ring (bicyclic) bond motifs is 1. The summed E-state index contributed by atoms with van der Waals surface area (Å²) in [6.45, 7) is 1.85. The Morgan fingerprint density at radius 3 is 2.51 bits per heavy atom. The average molecular weight is 487 g/mol. The van der Waals surface area contributed by atoms with Gasteiger partial charge in [0.15, 0.2) is 0 Å². The van der Waals surface area contributed by atoms with Crippen molar-refractivity contribution in [2.24, 2.45) is 7.05 Å². The molecule has 3 aromatic carbocycles. The molecule has 1 unspecified atom stereocenters. The first kappa shape index (κ1) is 22.7. The molecule has 0 bridgehead atoms. The molecule has 0 aliphatic carbocycles. The van der Waals surface area contributed by atoms with E-state index in [1.807, 2.05) is 49.0 Å². The first-order valence-corrected chi connectivity index (χ1v) is 11.4. The number of anilines is 1. The van der Waals surface area contributed by atoms with Crippen LogP contribution in [0.15, 0.2) is 78.5 Å². The molecular weight excluding hydrogens is 464 g/mol. The van der Waals surface area contributed by atoms with Gasteiger partial charge in [-0.05, 0) is 55.0 Å². The van der Waals surface area contributed by atoms with Crippen LogP contribution >= 0.6 is 11.6 Å². The second-order valence-electron chi connectivity index (χ2n) is 8.55. The standard InChI is InChI=1S/C28H23ClN2O4/c1-16-13-17(11-12-23(16)35-3)26(32)24-25(21-15-30(2)22-10-5-4-9-20(21)22)31(28(34)27(24)33)19-8-6-7-18(29)14-19/h4-15,25,32H,1-3H3/b26-24+. The number of hydrogen-bond donors (Lipinski definition) is 1. The molecule has 35 heavy (non-hydrogen) atoms. The molecule has 1 atom stereocenters. The number of halogens is 1. The zero-order chi connectivity index (χ0) is 24.9. The van der Waals surface area contributed by atoms with Gasteiger partial charge < -0.3 is 14.4 Å². The number of aryl methyl sites for hydroxylation is 2. The van der Waals surface area contributed by atoms with Crippen molar-refractivity contribution in [2.45, 2.75) is 13.0 Å². The van der Waals surface area contributed by atoms with E-state index in [-0.39, 0.29) is 11.3 Å². The van der Waals surface area contributed by atoms with Gasteiger partial charge in [0.25, 0.3) is 11.7 Å².